The van der Waals surface area contributed by atoms with E-state index in [9.17, 15) is 13.2 Å². The minimum absolute atomic E-state index is 0.248. The van der Waals surface area contributed by atoms with Crippen LogP contribution in [0.5, 0.6) is 0 Å². The topological polar surface area (TPSA) is 57.7 Å². The van der Waals surface area contributed by atoms with E-state index in [0.29, 0.717) is 24.9 Å². The average Bonchev–Trinajstić information content (AvgIpc) is 2.39. The molecule has 0 N–H and O–H groups in total. The Morgan fingerprint density at radius 3 is 2.11 bits per heavy atom. The molecule has 6 heteroatoms. The Labute approximate surface area is 107 Å². The number of nitrogens with zero attached hydrogens (tertiary/aromatic N) is 2. The molecule has 0 spiro atoms. The molecular weight excluding hydrogens is 252 g/mol. The first-order valence-corrected chi connectivity index (χ1v) is 7.22. The standard InChI is InChI=1S/C12H16N2O3S/c1-13-6-8-14(9-7-13)18(16,17)12-4-2-11(10-15)3-5-12/h2-5,10H,6-9H2,1H3. The number of hydrogen-bond donors (Lipinski definition) is 0. The molecule has 5 nitrogen and oxygen atoms in total. The summed E-state index contributed by atoms with van der Waals surface area (Å²) < 4.78 is 26.1. The number of sulfonamides is 1. The molecule has 0 aliphatic carbocycles. The molecule has 2 rings (SSSR count). The van der Waals surface area contributed by atoms with Gasteiger partial charge in [0.15, 0.2) is 0 Å². The van der Waals surface area contributed by atoms with Crippen LogP contribution < -0.4 is 0 Å². The number of rotatable bonds is 3. The highest BCUT2D eigenvalue weighted by Crippen LogP contribution is 2.17. The molecule has 1 aliphatic rings. The molecule has 0 aromatic heterocycles. The molecule has 0 bridgehead atoms. The van der Waals surface area contributed by atoms with Crippen LogP contribution in [0.2, 0.25) is 0 Å². The van der Waals surface area contributed by atoms with Gasteiger partial charge in [-0.05, 0) is 19.2 Å². The molecule has 0 unspecified atom stereocenters. The van der Waals surface area contributed by atoms with Gasteiger partial charge in [0.2, 0.25) is 10.0 Å². The Bertz CT molecular complexity index is 517. The van der Waals surface area contributed by atoms with Gasteiger partial charge >= 0.3 is 0 Å². The highest BCUT2D eigenvalue weighted by atomic mass is 32.2. The molecule has 1 aromatic rings. The summed E-state index contributed by atoms with van der Waals surface area (Å²) in [7, 11) is -1.44. The SMILES string of the molecule is CN1CCN(S(=O)(=O)c2ccc(C=O)cc2)CC1. The first kappa shape index (κ1) is 13.2. The van der Waals surface area contributed by atoms with Crippen molar-refractivity contribution < 1.29 is 13.2 Å². The Balaban J connectivity index is 2.21. The van der Waals surface area contributed by atoms with Crippen molar-refractivity contribution in [3.63, 3.8) is 0 Å². The van der Waals surface area contributed by atoms with Gasteiger partial charge in [0.25, 0.3) is 0 Å². The quantitative estimate of drug-likeness (QED) is 0.746. The Hall–Kier alpha value is -1.24. The molecule has 0 radical (unpaired) electrons. The summed E-state index contributed by atoms with van der Waals surface area (Å²) in [5.41, 5.74) is 0.479. The van der Waals surface area contributed by atoms with Crippen LogP contribution in [0.4, 0.5) is 0 Å². The average molecular weight is 268 g/mol. The van der Waals surface area contributed by atoms with Gasteiger partial charge in [-0.3, -0.25) is 4.79 Å². The number of likely N-dealkylation sites (N-methyl/N-ethyl adjacent to an activating group) is 1. The van der Waals surface area contributed by atoms with Crippen molar-refractivity contribution in [3.8, 4) is 0 Å². The number of carbonyl (C=O) groups excluding carboxylic acids is 1. The Morgan fingerprint density at radius 2 is 1.61 bits per heavy atom. The molecule has 1 aliphatic heterocycles. The third kappa shape index (κ3) is 2.60. The molecule has 0 amide bonds. The van der Waals surface area contributed by atoms with Gasteiger partial charge in [-0.25, -0.2) is 8.42 Å². The number of aldehydes is 1. The smallest absolute Gasteiger partial charge is 0.243 e. The van der Waals surface area contributed by atoms with Crippen molar-refractivity contribution >= 4 is 16.3 Å². The van der Waals surface area contributed by atoms with Crippen LogP contribution in [0, 0.1) is 0 Å². The van der Waals surface area contributed by atoms with E-state index in [1.165, 1.54) is 28.6 Å². The minimum atomic E-state index is -3.42. The largest absolute Gasteiger partial charge is 0.304 e. The fourth-order valence-electron chi connectivity index (χ4n) is 1.90. The fraction of sp³-hybridized carbons (Fsp3) is 0.417. The van der Waals surface area contributed by atoms with Crippen molar-refractivity contribution in [2.24, 2.45) is 0 Å². The maximum absolute atomic E-state index is 12.3. The molecule has 98 valence electrons. The van der Waals surface area contributed by atoms with E-state index in [-0.39, 0.29) is 4.90 Å². The van der Waals surface area contributed by atoms with Gasteiger partial charge < -0.3 is 4.90 Å². The van der Waals surface area contributed by atoms with E-state index in [2.05, 4.69) is 4.90 Å². The van der Waals surface area contributed by atoms with E-state index in [4.69, 9.17) is 0 Å². The Kier molecular flexibility index (Phi) is 3.79. The minimum Gasteiger partial charge on any atom is -0.304 e. The van der Waals surface area contributed by atoms with E-state index in [0.717, 1.165) is 13.1 Å². The zero-order chi connectivity index (χ0) is 13.2. The molecular formula is C12H16N2O3S. The molecule has 1 saturated heterocycles. The second-order valence-corrected chi connectivity index (χ2v) is 6.33. The van der Waals surface area contributed by atoms with E-state index >= 15 is 0 Å². The van der Waals surface area contributed by atoms with Crippen LogP contribution in [0.25, 0.3) is 0 Å². The van der Waals surface area contributed by atoms with Crippen LogP contribution in [0.3, 0.4) is 0 Å². The predicted molar refractivity (Wildman–Crippen MR) is 68.1 cm³/mol. The second kappa shape index (κ2) is 5.17. The normalized spacial score (nSPS) is 18.7. The molecule has 18 heavy (non-hydrogen) atoms. The van der Waals surface area contributed by atoms with Crippen molar-refractivity contribution in [1.29, 1.82) is 0 Å². The maximum atomic E-state index is 12.3. The summed E-state index contributed by atoms with van der Waals surface area (Å²) in [6, 6.07) is 6.01. The maximum Gasteiger partial charge on any atom is 0.243 e. The zero-order valence-corrected chi connectivity index (χ0v) is 11.1. The Morgan fingerprint density at radius 1 is 1.06 bits per heavy atom. The van der Waals surface area contributed by atoms with Gasteiger partial charge in [0.1, 0.15) is 6.29 Å². The van der Waals surface area contributed by atoms with Gasteiger partial charge in [-0.15, -0.1) is 0 Å². The van der Waals surface area contributed by atoms with Crippen molar-refractivity contribution in [2.45, 2.75) is 4.90 Å². The molecule has 0 saturated carbocycles. The van der Waals surface area contributed by atoms with E-state index < -0.39 is 10.0 Å². The number of benzene rings is 1. The summed E-state index contributed by atoms with van der Waals surface area (Å²) in [5, 5.41) is 0. The summed E-state index contributed by atoms with van der Waals surface area (Å²) in [5.74, 6) is 0. The summed E-state index contributed by atoms with van der Waals surface area (Å²) in [4.78, 5) is 12.9. The molecule has 1 heterocycles. The van der Waals surface area contributed by atoms with Crippen molar-refractivity contribution in [2.75, 3.05) is 33.2 Å². The lowest BCUT2D eigenvalue weighted by atomic mass is 10.2. The van der Waals surface area contributed by atoms with E-state index in [1.807, 2.05) is 7.05 Å². The lowest BCUT2D eigenvalue weighted by molar-refractivity contribution is 0.112. The van der Waals surface area contributed by atoms with Gasteiger partial charge in [-0.1, -0.05) is 12.1 Å². The first-order valence-electron chi connectivity index (χ1n) is 5.78. The zero-order valence-electron chi connectivity index (χ0n) is 10.2. The van der Waals surface area contributed by atoms with E-state index in [1.54, 1.807) is 0 Å². The highest BCUT2D eigenvalue weighted by molar-refractivity contribution is 7.89. The monoisotopic (exact) mass is 268 g/mol. The van der Waals surface area contributed by atoms with Gasteiger partial charge in [-0.2, -0.15) is 4.31 Å². The molecule has 0 atom stereocenters. The van der Waals surface area contributed by atoms with Crippen LogP contribution in [0.15, 0.2) is 29.2 Å². The van der Waals surface area contributed by atoms with Crippen LogP contribution in [0.1, 0.15) is 10.4 Å². The molecule has 1 aromatic carbocycles. The second-order valence-electron chi connectivity index (χ2n) is 4.39. The lowest BCUT2D eigenvalue weighted by Crippen LogP contribution is -2.46. The number of piperazine rings is 1. The van der Waals surface area contributed by atoms with Gasteiger partial charge in [0, 0.05) is 31.7 Å². The first-order chi connectivity index (χ1) is 8.54. The van der Waals surface area contributed by atoms with Crippen LogP contribution in [-0.2, 0) is 10.0 Å². The lowest BCUT2D eigenvalue weighted by Gasteiger charge is -2.31. The summed E-state index contributed by atoms with van der Waals surface area (Å²) in [6.07, 6.45) is 0.701. The number of hydrogen-bond acceptors (Lipinski definition) is 4. The number of carbonyl (C=O) groups is 1. The van der Waals surface area contributed by atoms with Gasteiger partial charge in [0.05, 0.1) is 4.90 Å². The van der Waals surface area contributed by atoms with Crippen molar-refractivity contribution in [3.05, 3.63) is 29.8 Å². The highest BCUT2D eigenvalue weighted by Gasteiger charge is 2.27. The third-order valence-electron chi connectivity index (χ3n) is 3.12. The fourth-order valence-corrected chi connectivity index (χ4v) is 3.32. The molecule has 1 fully saturated rings. The van der Waals surface area contributed by atoms with Crippen molar-refractivity contribution in [1.82, 2.24) is 9.21 Å². The summed E-state index contributed by atoms with van der Waals surface area (Å²) in [6.45, 7) is 2.50. The predicted octanol–water partition coefficient (Wildman–Crippen LogP) is 0.435. The van der Waals surface area contributed by atoms with Crippen LogP contribution >= 0.6 is 0 Å². The van der Waals surface area contributed by atoms with Crippen LogP contribution in [-0.4, -0.2) is 57.1 Å². The third-order valence-corrected chi connectivity index (χ3v) is 5.03. The summed E-state index contributed by atoms with van der Waals surface area (Å²) >= 11 is 0.